The number of hydrogen-bond acceptors (Lipinski definition) is 4. The van der Waals surface area contributed by atoms with Crippen molar-refractivity contribution in [1.82, 2.24) is 0 Å². The van der Waals surface area contributed by atoms with Crippen molar-refractivity contribution < 1.29 is 14.2 Å². The molecule has 0 saturated carbocycles. The molecule has 1 aromatic heterocycles. The lowest BCUT2D eigenvalue weighted by molar-refractivity contribution is -0.169. The maximum absolute atomic E-state index is 10.6. The van der Waals surface area contributed by atoms with E-state index in [0.29, 0.717) is 5.56 Å². The zero-order valence-corrected chi connectivity index (χ0v) is 5.44. The largest absolute Gasteiger partial charge is 0.386 e. The SMILES string of the molecule is O=c1ccc2c(o1)OOC=C2. The van der Waals surface area contributed by atoms with E-state index < -0.39 is 5.63 Å². The van der Waals surface area contributed by atoms with Gasteiger partial charge in [-0.15, -0.1) is 0 Å². The van der Waals surface area contributed by atoms with Crippen LogP contribution in [0.1, 0.15) is 5.56 Å². The van der Waals surface area contributed by atoms with Gasteiger partial charge < -0.3 is 4.42 Å². The summed E-state index contributed by atoms with van der Waals surface area (Å²) in [5.41, 5.74) is 0.235. The Bertz CT molecular complexity index is 350. The molecule has 0 spiro atoms. The first-order valence-corrected chi connectivity index (χ1v) is 3.00. The topological polar surface area (TPSA) is 48.7 Å². The molecular formula is C7H4O4. The van der Waals surface area contributed by atoms with Gasteiger partial charge in [-0.05, 0) is 12.1 Å². The minimum Gasteiger partial charge on any atom is -0.386 e. The van der Waals surface area contributed by atoms with Crippen molar-refractivity contribution in [2.75, 3.05) is 0 Å². The van der Waals surface area contributed by atoms with E-state index in [1.165, 1.54) is 12.3 Å². The van der Waals surface area contributed by atoms with Crippen LogP contribution in [-0.4, -0.2) is 0 Å². The molecule has 4 heteroatoms. The second kappa shape index (κ2) is 2.16. The molecule has 1 aliphatic rings. The van der Waals surface area contributed by atoms with Gasteiger partial charge in [0, 0.05) is 6.07 Å². The highest BCUT2D eigenvalue weighted by atomic mass is 17.2. The van der Waals surface area contributed by atoms with E-state index in [0.717, 1.165) is 0 Å². The van der Waals surface area contributed by atoms with Crippen molar-refractivity contribution in [1.29, 1.82) is 0 Å². The Morgan fingerprint density at radius 3 is 3.09 bits per heavy atom. The normalized spacial score (nSPS) is 13.1. The Morgan fingerprint density at radius 1 is 1.27 bits per heavy atom. The molecule has 0 saturated heterocycles. The molecule has 0 aromatic carbocycles. The highest BCUT2D eigenvalue weighted by Gasteiger charge is 2.09. The van der Waals surface area contributed by atoms with Crippen molar-refractivity contribution in [2.45, 2.75) is 0 Å². The predicted molar refractivity (Wildman–Crippen MR) is 35.7 cm³/mol. The van der Waals surface area contributed by atoms with Crippen LogP contribution in [0.25, 0.3) is 6.08 Å². The molecule has 0 aliphatic carbocycles. The smallest absolute Gasteiger partial charge is 0.345 e. The van der Waals surface area contributed by atoms with Gasteiger partial charge in [0.25, 0.3) is 0 Å². The van der Waals surface area contributed by atoms with Gasteiger partial charge in [-0.2, -0.15) is 0 Å². The zero-order valence-electron chi connectivity index (χ0n) is 5.44. The average Bonchev–Trinajstić information content (AvgIpc) is 2.04. The molecule has 0 amide bonds. The van der Waals surface area contributed by atoms with Gasteiger partial charge in [-0.3, -0.25) is 4.89 Å². The van der Waals surface area contributed by atoms with Crippen LogP contribution in [0.15, 0.2) is 27.6 Å². The third kappa shape index (κ3) is 0.980. The number of rotatable bonds is 0. The van der Waals surface area contributed by atoms with Crippen molar-refractivity contribution in [3.63, 3.8) is 0 Å². The summed E-state index contributed by atoms with van der Waals surface area (Å²) in [6.45, 7) is 0. The fourth-order valence-electron chi connectivity index (χ4n) is 0.771. The van der Waals surface area contributed by atoms with E-state index in [9.17, 15) is 4.79 Å². The van der Waals surface area contributed by atoms with E-state index in [4.69, 9.17) is 0 Å². The second-order valence-electron chi connectivity index (χ2n) is 1.98. The molecule has 1 aromatic rings. The molecular weight excluding hydrogens is 148 g/mol. The van der Waals surface area contributed by atoms with Crippen LogP contribution in [0.4, 0.5) is 0 Å². The fourth-order valence-corrected chi connectivity index (χ4v) is 0.771. The van der Waals surface area contributed by atoms with Crippen molar-refractivity contribution >= 4 is 6.08 Å². The minimum atomic E-state index is -0.456. The Balaban J connectivity index is 2.62. The molecule has 56 valence electrons. The van der Waals surface area contributed by atoms with Gasteiger partial charge in [0.05, 0.1) is 5.56 Å². The lowest BCUT2D eigenvalue weighted by atomic mass is 10.3. The molecule has 0 N–H and O–H groups in total. The quantitative estimate of drug-likeness (QED) is 0.519. The molecule has 0 bridgehead atoms. The van der Waals surface area contributed by atoms with E-state index in [1.54, 1.807) is 12.1 Å². The Morgan fingerprint density at radius 2 is 2.18 bits per heavy atom. The molecule has 2 heterocycles. The predicted octanol–water partition coefficient (Wildman–Crippen LogP) is 0.934. The summed E-state index contributed by atoms with van der Waals surface area (Å²) < 4.78 is 4.65. The summed E-state index contributed by atoms with van der Waals surface area (Å²) in [6, 6.07) is 2.91. The third-order valence-electron chi connectivity index (χ3n) is 1.25. The maximum Gasteiger partial charge on any atom is 0.345 e. The third-order valence-corrected chi connectivity index (χ3v) is 1.25. The standard InChI is InChI=1S/C7H4O4/c8-6-2-1-5-3-4-9-11-7(5)10-6/h1-4H. The fraction of sp³-hybridized carbons (Fsp3) is 0. The molecule has 4 nitrogen and oxygen atoms in total. The van der Waals surface area contributed by atoms with Crippen LogP contribution >= 0.6 is 0 Å². The summed E-state index contributed by atoms with van der Waals surface area (Å²) in [4.78, 5) is 19.6. The van der Waals surface area contributed by atoms with Gasteiger partial charge in [0.15, 0.2) is 0 Å². The average molecular weight is 152 g/mol. The Labute approximate surface area is 61.6 Å². The van der Waals surface area contributed by atoms with Crippen molar-refractivity contribution in [3.05, 3.63) is 34.4 Å². The minimum absolute atomic E-state index is 0.0972. The molecule has 2 rings (SSSR count). The molecule has 0 radical (unpaired) electrons. The molecule has 1 aliphatic heterocycles. The van der Waals surface area contributed by atoms with Gasteiger partial charge in [-0.1, -0.05) is 0 Å². The maximum atomic E-state index is 10.6. The van der Waals surface area contributed by atoms with E-state index >= 15 is 0 Å². The summed E-state index contributed by atoms with van der Waals surface area (Å²) in [5, 5.41) is 0. The first-order valence-electron chi connectivity index (χ1n) is 3.00. The van der Waals surface area contributed by atoms with E-state index in [2.05, 4.69) is 14.2 Å². The Hall–Kier alpha value is -1.71. The first-order chi connectivity index (χ1) is 5.36. The van der Waals surface area contributed by atoms with Gasteiger partial charge >= 0.3 is 11.6 Å². The summed E-state index contributed by atoms with van der Waals surface area (Å²) >= 11 is 0. The van der Waals surface area contributed by atoms with Crippen LogP contribution in [0.5, 0.6) is 5.95 Å². The van der Waals surface area contributed by atoms with Crippen molar-refractivity contribution in [2.24, 2.45) is 0 Å². The lowest BCUT2D eigenvalue weighted by Crippen LogP contribution is -2.03. The number of hydrogen-bond donors (Lipinski definition) is 0. The second-order valence-corrected chi connectivity index (χ2v) is 1.98. The molecule has 0 unspecified atom stereocenters. The number of fused-ring (bicyclic) bond motifs is 1. The van der Waals surface area contributed by atoms with Gasteiger partial charge in [-0.25, -0.2) is 9.68 Å². The Kier molecular flexibility index (Phi) is 1.18. The van der Waals surface area contributed by atoms with Gasteiger partial charge in [0.2, 0.25) is 0 Å². The monoisotopic (exact) mass is 152 g/mol. The van der Waals surface area contributed by atoms with Crippen LogP contribution in [0.3, 0.4) is 0 Å². The van der Waals surface area contributed by atoms with E-state index in [1.807, 2.05) is 0 Å². The first kappa shape index (κ1) is 6.03. The summed E-state index contributed by atoms with van der Waals surface area (Å²) in [7, 11) is 0. The van der Waals surface area contributed by atoms with E-state index in [-0.39, 0.29) is 5.95 Å². The molecule has 11 heavy (non-hydrogen) atoms. The summed E-state index contributed by atoms with van der Waals surface area (Å²) in [5.74, 6) is 0.0972. The lowest BCUT2D eigenvalue weighted by Gasteiger charge is -2.06. The zero-order chi connectivity index (χ0) is 7.68. The summed E-state index contributed by atoms with van der Waals surface area (Å²) in [6.07, 6.45) is 3.00. The van der Waals surface area contributed by atoms with Crippen LogP contribution in [0, 0.1) is 0 Å². The van der Waals surface area contributed by atoms with Crippen LogP contribution in [-0.2, 0) is 4.89 Å². The van der Waals surface area contributed by atoms with Crippen molar-refractivity contribution in [3.8, 4) is 5.95 Å². The van der Waals surface area contributed by atoms with Gasteiger partial charge in [0.1, 0.15) is 6.26 Å². The molecule has 0 atom stereocenters. The van der Waals surface area contributed by atoms with Crippen LogP contribution in [0.2, 0.25) is 0 Å². The highest BCUT2D eigenvalue weighted by molar-refractivity contribution is 5.53. The van der Waals surface area contributed by atoms with Crippen LogP contribution < -0.4 is 10.5 Å². The molecule has 0 fully saturated rings. The highest BCUT2D eigenvalue weighted by Crippen LogP contribution is 2.20.